The summed E-state index contributed by atoms with van der Waals surface area (Å²) in [6, 6.07) is -10.6. The molecule has 2 fully saturated rings. The molecule has 0 bridgehead atoms. The van der Waals surface area contributed by atoms with Crippen LogP contribution in [0.3, 0.4) is 0 Å². The van der Waals surface area contributed by atoms with E-state index in [9.17, 15) is 88.5 Å². The molecule has 1 aromatic rings. The number of carboxylic acids is 1. The minimum Gasteiger partial charge on any atom is -0.508 e. The number of carboxylic acid groups (broad SMARTS) is 1. The van der Waals surface area contributed by atoms with Gasteiger partial charge in [-0.2, -0.15) is 0 Å². The van der Waals surface area contributed by atoms with Gasteiger partial charge in [-0.25, -0.2) is 4.79 Å². The van der Waals surface area contributed by atoms with Gasteiger partial charge in [0.05, 0.1) is 31.5 Å². The summed E-state index contributed by atoms with van der Waals surface area (Å²) in [7, 11) is 0. The van der Waals surface area contributed by atoms with E-state index in [1.54, 1.807) is 13.8 Å². The van der Waals surface area contributed by atoms with E-state index < -0.39 is 169 Å². The van der Waals surface area contributed by atoms with Crippen LogP contribution >= 0.6 is 0 Å². The first kappa shape index (κ1) is 68.2. The lowest BCUT2D eigenvalue weighted by Crippen LogP contribution is -2.62. The molecule has 2 saturated heterocycles. The number of aliphatic carboxylic acids is 1. The van der Waals surface area contributed by atoms with Gasteiger partial charge in [0.15, 0.2) is 0 Å². The van der Waals surface area contributed by atoms with Crippen LogP contribution in [0.1, 0.15) is 92.1 Å². The number of carbonyl (C=O) groups excluding carboxylic acids is 10. The smallest absolute Gasteiger partial charge is 0.326 e. The number of carbonyl (C=O) groups is 11. The molecule has 30 nitrogen and oxygen atoms in total. The fourth-order valence-electron chi connectivity index (χ4n) is 8.97. The van der Waals surface area contributed by atoms with Crippen molar-refractivity contribution in [3.8, 4) is 5.75 Å². The maximum Gasteiger partial charge on any atom is 0.326 e. The highest BCUT2D eigenvalue weighted by Crippen LogP contribution is 2.27. The summed E-state index contributed by atoms with van der Waals surface area (Å²) in [6.07, 6.45) is -2.84. The molecule has 19 N–H and O–H groups in total. The lowest BCUT2D eigenvalue weighted by Gasteiger charge is -2.34. The summed E-state index contributed by atoms with van der Waals surface area (Å²) in [5.74, 6) is -11.6. The first-order chi connectivity index (χ1) is 38.1. The number of hydrogen-bond acceptors (Lipinski definition) is 19. The van der Waals surface area contributed by atoms with Gasteiger partial charge in [0.2, 0.25) is 59.1 Å². The minimum absolute atomic E-state index is 0.0278. The number of amides is 10. The van der Waals surface area contributed by atoms with Crippen molar-refractivity contribution in [2.45, 2.75) is 178 Å². The molecule has 1 aromatic carbocycles. The van der Waals surface area contributed by atoms with Gasteiger partial charge in [-0.15, -0.1) is 0 Å². The Labute approximate surface area is 468 Å². The number of aliphatic hydroxyl groups excluding tert-OH is 5. The SMILES string of the molecule is CC(C)[C@H](NC(=O)[C@@H](NC(=O)[C@@H](N)[C@@H](C)O)[C@@H](C)O)C(=O)N[C@@H](Cc1ccc(O)cc1)C(=O)N1CCC[C@H]1C(=O)N1CCC[C@H]1C(=O)N[C@@H](CO)C(=O)N[C@@H](CO)C(=O)N[C@H](C(=O)N[C@@H](C)C(=O)N[C@@H](CCCCN)C(=O)O)[C@@H](C)O. The van der Waals surface area contributed by atoms with E-state index in [1.807, 2.05) is 0 Å². The molecule has 0 aliphatic carbocycles. The van der Waals surface area contributed by atoms with Crippen molar-refractivity contribution in [1.29, 1.82) is 0 Å². The third kappa shape index (κ3) is 19.8. The lowest BCUT2D eigenvalue weighted by molar-refractivity contribution is -0.148. The van der Waals surface area contributed by atoms with E-state index >= 15 is 0 Å². The normalized spacial score (nSPS) is 19.6. The molecule has 10 amide bonds. The third-order valence-corrected chi connectivity index (χ3v) is 13.8. The van der Waals surface area contributed by atoms with Crippen LogP contribution in [0, 0.1) is 5.92 Å². The molecule has 81 heavy (non-hydrogen) atoms. The average Bonchev–Trinajstić information content (AvgIpc) is 4.17. The van der Waals surface area contributed by atoms with Crippen LogP contribution < -0.4 is 54.0 Å². The van der Waals surface area contributed by atoms with E-state index in [2.05, 4.69) is 42.5 Å². The number of rotatable bonds is 31. The number of likely N-dealkylation sites (tertiary alicyclic amines) is 2. The maximum absolute atomic E-state index is 14.7. The van der Waals surface area contributed by atoms with Crippen LogP contribution in [-0.2, 0) is 59.2 Å². The van der Waals surface area contributed by atoms with Gasteiger partial charge < -0.3 is 99.5 Å². The number of nitrogens with zero attached hydrogens (tertiary/aromatic N) is 2. The van der Waals surface area contributed by atoms with Crippen molar-refractivity contribution in [2.24, 2.45) is 17.4 Å². The van der Waals surface area contributed by atoms with E-state index in [0.717, 1.165) is 6.92 Å². The molecule has 30 heteroatoms. The van der Waals surface area contributed by atoms with Gasteiger partial charge in [-0.3, -0.25) is 47.9 Å². The Morgan fingerprint density at radius 3 is 1.58 bits per heavy atom. The van der Waals surface area contributed by atoms with Crippen LogP contribution in [0.4, 0.5) is 0 Å². The van der Waals surface area contributed by atoms with E-state index in [4.69, 9.17) is 11.5 Å². The standard InChI is InChI=1S/C51H82N12O18/c1-24(2)38(59-48(77)40(28(6)68)61-45(74)37(53)26(4)66)46(75)56-32(21-29-14-16-30(69)17-15-29)49(78)63-20-10-13-36(63)50(79)62-19-9-12-35(62)44(73)58-33(22-64)42(71)57-34(23-65)43(72)60-39(27(5)67)47(76)54-25(3)41(70)55-31(51(80)81)11-7-8-18-52/h14-17,24-28,31-40,64-69H,7-13,18-23,52-53H2,1-6H3,(H,54,76)(H,55,70)(H,56,75)(H,57,71)(H,58,73)(H,59,77)(H,60,72)(H,61,74)(H,80,81)/t25-,26+,27+,28+,31-,32-,33-,34-,35-,36-,37-,38-,39-,40-/m0/s1. The Balaban J connectivity index is 1.76. The lowest BCUT2D eigenvalue weighted by atomic mass is 9.99. The van der Waals surface area contributed by atoms with Crippen LogP contribution in [0.15, 0.2) is 24.3 Å². The van der Waals surface area contributed by atoms with Crippen LogP contribution in [0.25, 0.3) is 0 Å². The Morgan fingerprint density at radius 2 is 1.05 bits per heavy atom. The summed E-state index contributed by atoms with van der Waals surface area (Å²) in [5, 5.41) is 89.1. The molecule has 2 aliphatic heterocycles. The minimum atomic E-state index is -1.85. The number of phenols is 1. The molecule has 3 rings (SSSR count). The van der Waals surface area contributed by atoms with Crippen molar-refractivity contribution in [3.05, 3.63) is 29.8 Å². The Kier molecular flexibility index (Phi) is 27.3. The second kappa shape index (κ2) is 32.4. The first-order valence-corrected chi connectivity index (χ1v) is 26.8. The average molecular weight is 1150 g/mol. The summed E-state index contributed by atoms with van der Waals surface area (Å²) in [4.78, 5) is 150. The summed E-state index contributed by atoms with van der Waals surface area (Å²) in [5.41, 5.74) is 11.6. The van der Waals surface area contributed by atoms with Crippen LogP contribution in [0.2, 0.25) is 0 Å². The zero-order valence-electron chi connectivity index (χ0n) is 46.3. The fourth-order valence-corrected chi connectivity index (χ4v) is 8.97. The molecule has 0 spiro atoms. The number of aromatic hydroxyl groups is 1. The highest BCUT2D eigenvalue weighted by molar-refractivity contribution is 5.99. The maximum atomic E-state index is 14.7. The molecule has 2 heterocycles. The number of nitrogens with two attached hydrogens (primary N) is 2. The number of nitrogens with one attached hydrogen (secondary N) is 8. The Bertz CT molecular complexity index is 2360. The Morgan fingerprint density at radius 1 is 0.568 bits per heavy atom. The summed E-state index contributed by atoms with van der Waals surface area (Å²) < 4.78 is 0. The molecule has 454 valence electrons. The first-order valence-electron chi connectivity index (χ1n) is 26.8. The molecule has 0 unspecified atom stereocenters. The van der Waals surface area contributed by atoms with Gasteiger partial charge in [0.1, 0.15) is 72.2 Å². The molecule has 0 aromatic heterocycles. The number of unbranched alkanes of at least 4 members (excludes halogenated alkanes) is 1. The van der Waals surface area contributed by atoms with Crippen molar-refractivity contribution < 1.29 is 88.5 Å². The second-order valence-electron chi connectivity index (χ2n) is 20.7. The van der Waals surface area contributed by atoms with Crippen LogP contribution in [0.5, 0.6) is 5.75 Å². The molecule has 0 saturated carbocycles. The molecule has 2 aliphatic rings. The van der Waals surface area contributed by atoms with Crippen molar-refractivity contribution in [2.75, 3.05) is 32.8 Å². The number of phenolic OH excluding ortho intramolecular Hbond substituents is 1. The topological polar surface area (TPSA) is 484 Å². The van der Waals surface area contributed by atoms with E-state index in [-0.39, 0.29) is 44.5 Å². The Hall–Kier alpha value is -7.09. The van der Waals surface area contributed by atoms with Crippen molar-refractivity contribution in [1.82, 2.24) is 52.3 Å². The fraction of sp³-hybridized carbons (Fsp3) is 0.667. The number of aliphatic hydroxyl groups is 5. The quantitative estimate of drug-likeness (QED) is 0.0307. The van der Waals surface area contributed by atoms with Crippen LogP contribution in [-0.4, -0.2) is 228 Å². The van der Waals surface area contributed by atoms with Crippen molar-refractivity contribution >= 4 is 65.0 Å². The monoisotopic (exact) mass is 1150 g/mol. The van der Waals surface area contributed by atoms with Crippen molar-refractivity contribution in [3.63, 3.8) is 0 Å². The summed E-state index contributed by atoms with van der Waals surface area (Å²) in [6.45, 7) is 6.18. The predicted octanol–water partition coefficient (Wildman–Crippen LogP) is -6.86. The van der Waals surface area contributed by atoms with Gasteiger partial charge in [-0.1, -0.05) is 26.0 Å². The van der Waals surface area contributed by atoms with Gasteiger partial charge in [-0.05, 0) is 103 Å². The molecular weight excluding hydrogens is 1070 g/mol. The molecule has 0 radical (unpaired) electrons. The highest BCUT2D eigenvalue weighted by Gasteiger charge is 2.45. The zero-order chi connectivity index (χ0) is 61.0. The van der Waals surface area contributed by atoms with E-state index in [1.165, 1.54) is 54.8 Å². The van der Waals surface area contributed by atoms with Gasteiger partial charge >= 0.3 is 5.97 Å². The van der Waals surface area contributed by atoms with Gasteiger partial charge in [0, 0.05) is 19.5 Å². The zero-order valence-corrected chi connectivity index (χ0v) is 46.3. The molecule has 14 atom stereocenters. The van der Waals surface area contributed by atoms with E-state index in [0.29, 0.717) is 37.8 Å². The predicted molar refractivity (Wildman–Crippen MR) is 285 cm³/mol. The summed E-state index contributed by atoms with van der Waals surface area (Å²) >= 11 is 0. The number of hydrogen-bond donors (Lipinski definition) is 17. The van der Waals surface area contributed by atoms with Gasteiger partial charge in [0.25, 0.3) is 0 Å². The highest BCUT2D eigenvalue weighted by atomic mass is 16.4. The third-order valence-electron chi connectivity index (χ3n) is 13.8. The second-order valence-corrected chi connectivity index (χ2v) is 20.7. The molecular formula is C51H82N12O18. The largest absolute Gasteiger partial charge is 0.508 e. The number of benzene rings is 1.